The first-order valence-electron chi connectivity index (χ1n) is 10.3. The van der Waals surface area contributed by atoms with Crippen molar-refractivity contribution in [2.75, 3.05) is 13.1 Å². The smallest absolute Gasteiger partial charge is 0.350 e. The van der Waals surface area contributed by atoms with Crippen LogP contribution in [0.4, 0.5) is 0 Å². The van der Waals surface area contributed by atoms with E-state index in [2.05, 4.69) is 0 Å². The molecule has 1 aromatic carbocycles. The molecule has 162 valence electrons. The molecule has 2 aliphatic rings. The summed E-state index contributed by atoms with van der Waals surface area (Å²) in [5.74, 6) is -0.713. The number of hydrogen-bond acceptors (Lipinski definition) is 7. The molecule has 7 nitrogen and oxygen atoms in total. The summed E-state index contributed by atoms with van der Waals surface area (Å²) in [6.45, 7) is 0.784. The minimum atomic E-state index is -3.72. The Morgan fingerprint density at radius 1 is 1.10 bits per heavy atom. The van der Waals surface area contributed by atoms with Crippen molar-refractivity contribution >= 4 is 38.3 Å². The summed E-state index contributed by atoms with van der Waals surface area (Å²) in [5, 5.41) is 2.32. The van der Waals surface area contributed by atoms with Crippen molar-refractivity contribution < 1.29 is 22.4 Å². The van der Waals surface area contributed by atoms with Crippen LogP contribution in [0.25, 0.3) is 11.0 Å². The normalized spacial score (nSPS) is 16.6. The Morgan fingerprint density at radius 3 is 2.61 bits per heavy atom. The highest BCUT2D eigenvalue weighted by molar-refractivity contribution is 7.89. The average molecular weight is 460 g/mol. The van der Waals surface area contributed by atoms with E-state index < -0.39 is 21.6 Å². The van der Waals surface area contributed by atoms with E-state index in [4.69, 9.17) is 9.15 Å². The average Bonchev–Trinajstić information content (AvgIpc) is 3.51. The molecule has 31 heavy (non-hydrogen) atoms. The topological polar surface area (TPSA) is 93.9 Å². The Kier molecular flexibility index (Phi) is 5.19. The van der Waals surface area contributed by atoms with Crippen LogP contribution in [0.3, 0.4) is 0 Å². The maximum Gasteiger partial charge on any atom is 0.350 e. The Labute approximate surface area is 183 Å². The van der Waals surface area contributed by atoms with E-state index >= 15 is 0 Å². The Morgan fingerprint density at radius 2 is 1.84 bits per heavy atom. The summed E-state index contributed by atoms with van der Waals surface area (Å²) >= 11 is 1.04. The van der Waals surface area contributed by atoms with Crippen molar-refractivity contribution in [3.8, 4) is 0 Å². The van der Waals surface area contributed by atoms with Gasteiger partial charge in [-0.2, -0.15) is 4.31 Å². The Balaban J connectivity index is 1.42. The van der Waals surface area contributed by atoms with Crippen molar-refractivity contribution in [2.45, 2.75) is 43.6 Å². The molecular weight excluding hydrogens is 438 g/mol. The summed E-state index contributed by atoms with van der Waals surface area (Å²) in [6, 6.07) is 6.67. The van der Waals surface area contributed by atoms with Gasteiger partial charge in [-0.15, -0.1) is 11.3 Å². The number of hydrogen-bond donors (Lipinski definition) is 0. The third-order valence-corrected chi connectivity index (χ3v) is 8.86. The van der Waals surface area contributed by atoms with Crippen molar-refractivity contribution in [1.82, 2.24) is 4.31 Å². The predicted octanol–water partition coefficient (Wildman–Crippen LogP) is 3.48. The number of carbonyl (C=O) groups excluding carboxylic acids is 1. The molecule has 0 bridgehead atoms. The zero-order valence-electron chi connectivity index (χ0n) is 16.8. The van der Waals surface area contributed by atoms with Crippen LogP contribution in [0.1, 0.15) is 45.6 Å². The number of sulfonamides is 1. The zero-order valence-corrected chi connectivity index (χ0v) is 18.4. The molecule has 0 unspecified atom stereocenters. The van der Waals surface area contributed by atoms with Gasteiger partial charge in [0.15, 0.2) is 0 Å². The van der Waals surface area contributed by atoms with Gasteiger partial charge >= 0.3 is 11.6 Å². The molecule has 1 fully saturated rings. The summed E-state index contributed by atoms with van der Waals surface area (Å²) in [4.78, 5) is 24.8. The highest BCUT2D eigenvalue weighted by Crippen LogP contribution is 2.30. The molecule has 0 amide bonds. The molecule has 3 heterocycles. The summed E-state index contributed by atoms with van der Waals surface area (Å²) in [5.41, 5.74) is 2.92. The van der Waals surface area contributed by atoms with Crippen LogP contribution in [0, 0.1) is 0 Å². The molecule has 5 rings (SSSR count). The Bertz CT molecular complexity index is 1330. The second-order valence-electron chi connectivity index (χ2n) is 7.86. The van der Waals surface area contributed by atoms with E-state index in [0.717, 1.165) is 48.8 Å². The second kappa shape index (κ2) is 7.89. The lowest BCUT2D eigenvalue weighted by Crippen LogP contribution is -2.28. The highest BCUT2D eigenvalue weighted by Gasteiger charge is 2.32. The van der Waals surface area contributed by atoms with E-state index in [9.17, 15) is 18.0 Å². The number of esters is 1. The number of ether oxygens (including phenoxy) is 1. The second-order valence-corrected chi connectivity index (χ2v) is 10.7. The van der Waals surface area contributed by atoms with Crippen LogP contribution >= 0.6 is 11.3 Å². The first-order valence-corrected chi connectivity index (χ1v) is 12.6. The van der Waals surface area contributed by atoms with E-state index in [1.165, 1.54) is 27.6 Å². The predicted molar refractivity (Wildman–Crippen MR) is 116 cm³/mol. The van der Waals surface area contributed by atoms with Crippen LogP contribution in [0.15, 0.2) is 43.8 Å². The van der Waals surface area contributed by atoms with Crippen molar-refractivity contribution in [1.29, 1.82) is 0 Å². The minimum Gasteiger partial charge on any atom is -0.457 e. The quantitative estimate of drug-likeness (QED) is 0.428. The molecular formula is C22H21NO6S2. The van der Waals surface area contributed by atoms with Crippen LogP contribution in [0.2, 0.25) is 0 Å². The lowest BCUT2D eigenvalue weighted by molar-refractivity contribution is 0.0475. The van der Waals surface area contributed by atoms with E-state index in [1.54, 1.807) is 5.38 Å². The van der Waals surface area contributed by atoms with Gasteiger partial charge in [0.2, 0.25) is 10.0 Å². The maximum absolute atomic E-state index is 12.9. The third-order valence-electron chi connectivity index (χ3n) is 5.90. The maximum atomic E-state index is 12.9. The molecule has 0 saturated carbocycles. The molecule has 1 aliphatic carbocycles. The van der Waals surface area contributed by atoms with Crippen molar-refractivity contribution in [2.24, 2.45) is 0 Å². The molecule has 2 aromatic heterocycles. The summed E-state index contributed by atoms with van der Waals surface area (Å²) in [7, 11) is -3.72. The number of aryl methyl sites for hydroxylation is 2. The fourth-order valence-electron chi connectivity index (χ4n) is 4.34. The van der Waals surface area contributed by atoms with Gasteiger partial charge in [0.05, 0.1) is 0 Å². The van der Waals surface area contributed by atoms with E-state index in [-0.39, 0.29) is 16.4 Å². The number of fused-ring (bicyclic) bond motifs is 2. The van der Waals surface area contributed by atoms with Gasteiger partial charge in [0.25, 0.3) is 0 Å². The van der Waals surface area contributed by atoms with Crippen LogP contribution in [-0.2, 0) is 34.2 Å². The lowest BCUT2D eigenvalue weighted by Gasteiger charge is -2.15. The van der Waals surface area contributed by atoms with Gasteiger partial charge in [-0.05, 0) is 66.8 Å². The third kappa shape index (κ3) is 3.71. The van der Waals surface area contributed by atoms with Gasteiger partial charge in [-0.3, -0.25) is 0 Å². The van der Waals surface area contributed by atoms with Crippen molar-refractivity contribution in [3.63, 3.8) is 0 Å². The van der Waals surface area contributed by atoms with Crippen LogP contribution < -0.4 is 5.63 Å². The summed E-state index contributed by atoms with van der Waals surface area (Å²) < 4.78 is 38.0. The van der Waals surface area contributed by atoms with Crippen LogP contribution in [-0.4, -0.2) is 31.8 Å². The molecule has 0 spiro atoms. The fraction of sp³-hybridized carbons (Fsp3) is 0.364. The molecule has 9 heteroatoms. The largest absolute Gasteiger partial charge is 0.457 e. The lowest BCUT2D eigenvalue weighted by atomic mass is 10.0. The number of rotatable bonds is 5. The zero-order chi connectivity index (χ0) is 21.6. The molecule has 3 aromatic rings. The Hall–Kier alpha value is -2.49. The van der Waals surface area contributed by atoms with Crippen LogP contribution in [0.5, 0.6) is 0 Å². The first kappa shape index (κ1) is 20.4. The van der Waals surface area contributed by atoms with Gasteiger partial charge in [0, 0.05) is 30.1 Å². The molecule has 0 radical (unpaired) electrons. The van der Waals surface area contributed by atoms with Gasteiger partial charge < -0.3 is 9.15 Å². The molecule has 0 N–H and O–H groups in total. The molecule has 0 atom stereocenters. The summed E-state index contributed by atoms with van der Waals surface area (Å²) in [6.07, 6.45) is 4.62. The number of carbonyl (C=O) groups is 1. The number of nitrogens with zero attached hydrogens (tertiary/aromatic N) is 1. The fourth-order valence-corrected chi connectivity index (χ4v) is 7.14. The monoisotopic (exact) mass is 459 g/mol. The highest BCUT2D eigenvalue weighted by atomic mass is 32.2. The van der Waals surface area contributed by atoms with E-state index in [1.807, 2.05) is 12.1 Å². The van der Waals surface area contributed by atoms with Crippen molar-refractivity contribution in [3.05, 3.63) is 61.6 Å². The van der Waals surface area contributed by atoms with E-state index in [0.29, 0.717) is 24.2 Å². The minimum absolute atomic E-state index is 0.0142. The number of thiophene rings is 1. The molecule has 1 saturated heterocycles. The first-order chi connectivity index (χ1) is 14.9. The van der Waals surface area contributed by atoms with Gasteiger partial charge in [-0.25, -0.2) is 18.0 Å². The molecule has 1 aliphatic heterocycles. The van der Waals surface area contributed by atoms with Gasteiger partial charge in [-0.1, -0.05) is 0 Å². The standard InChI is InChI=1S/C22H21NO6S2/c24-20-12-16(17-10-14-4-3-5-15(14)11-18(17)29-20)13-28-22(25)21-19(6-9-30-21)31(26,27)23-7-1-2-8-23/h6,9-12H,1-5,7-8,13H2. The number of benzene rings is 1. The van der Waals surface area contributed by atoms with Gasteiger partial charge in [0.1, 0.15) is 22.0 Å². The SMILES string of the molecule is O=C(OCc1cc(=O)oc2cc3c(cc12)CCC3)c1sccc1S(=O)(=O)N1CCCC1.